The molecule has 8 heteroatoms. The minimum absolute atomic E-state index is 0.0350. The second-order valence-corrected chi connectivity index (χ2v) is 6.38. The first kappa shape index (κ1) is 16.0. The number of nitrogens with zero attached hydrogens (tertiary/aromatic N) is 2. The first-order valence-electron chi connectivity index (χ1n) is 6.66. The molecule has 0 bridgehead atoms. The summed E-state index contributed by atoms with van der Waals surface area (Å²) in [5.41, 5.74) is -0.362. The number of aromatic nitrogens is 1. The fourth-order valence-corrected chi connectivity index (χ4v) is 3.63. The van der Waals surface area contributed by atoms with Crippen LogP contribution in [0.25, 0.3) is 0 Å². The molecule has 0 saturated heterocycles. The molecule has 114 valence electrons. The molecule has 0 aliphatic heterocycles. The molecule has 1 N–H and O–H groups in total. The maximum Gasteiger partial charge on any atom is 0.300 e. The summed E-state index contributed by atoms with van der Waals surface area (Å²) < 4.78 is 0. The molecule has 1 amide bonds. The molecule has 6 nitrogen and oxygen atoms in total. The molecule has 1 fully saturated rings. The van der Waals surface area contributed by atoms with Crippen LogP contribution in [-0.2, 0) is 0 Å². The van der Waals surface area contributed by atoms with Crippen LogP contribution in [-0.4, -0.2) is 33.4 Å². The zero-order valence-electron chi connectivity index (χ0n) is 11.5. The van der Waals surface area contributed by atoms with E-state index in [0.717, 1.165) is 31.9 Å². The van der Waals surface area contributed by atoms with Crippen molar-refractivity contribution < 1.29 is 9.72 Å². The van der Waals surface area contributed by atoms with Crippen LogP contribution >= 0.6 is 23.4 Å². The van der Waals surface area contributed by atoms with Crippen molar-refractivity contribution >= 4 is 35.0 Å². The number of nitrogens with one attached hydrogen (secondary N) is 1. The van der Waals surface area contributed by atoms with Gasteiger partial charge >= 0.3 is 0 Å². The number of halogens is 1. The van der Waals surface area contributed by atoms with Crippen molar-refractivity contribution in [1.82, 2.24) is 10.3 Å². The highest BCUT2D eigenvalue weighted by molar-refractivity contribution is 7.99. The molecule has 1 aromatic rings. The third kappa shape index (κ3) is 3.85. The molecule has 21 heavy (non-hydrogen) atoms. The summed E-state index contributed by atoms with van der Waals surface area (Å²) in [7, 11) is 0. The van der Waals surface area contributed by atoms with Crippen molar-refractivity contribution in [1.29, 1.82) is 0 Å². The van der Waals surface area contributed by atoms with Gasteiger partial charge in [-0.05, 0) is 25.2 Å². The molecule has 1 aliphatic rings. The molecule has 1 heterocycles. The first-order chi connectivity index (χ1) is 10.0. The summed E-state index contributed by atoms with van der Waals surface area (Å²) in [5.74, 6) is -0.461. The minimum Gasteiger partial charge on any atom is -0.348 e. The molecule has 2 atom stereocenters. The lowest BCUT2D eigenvalue weighted by molar-refractivity contribution is -0.385. The standard InChI is InChI=1S/C13H16ClN3O3S/c1-21-11-5-3-2-4-9(11)16-13(18)8-6-12(14)15-7-10(8)17(19)20/h6-7,9,11H,2-5H2,1H3,(H,16,18). The van der Waals surface area contributed by atoms with E-state index in [1.807, 2.05) is 6.26 Å². The van der Waals surface area contributed by atoms with Gasteiger partial charge in [-0.3, -0.25) is 14.9 Å². The van der Waals surface area contributed by atoms with E-state index in [4.69, 9.17) is 11.6 Å². The normalized spacial score (nSPS) is 21.8. The summed E-state index contributed by atoms with van der Waals surface area (Å²) in [6.07, 6.45) is 7.18. The topological polar surface area (TPSA) is 85.1 Å². The van der Waals surface area contributed by atoms with E-state index in [1.54, 1.807) is 11.8 Å². The van der Waals surface area contributed by atoms with Crippen molar-refractivity contribution in [2.75, 3.05) is 6.26 Å². The van der Waals surface area contributed by atoms with E-state index in [2.05, 4.69) is 10.3 Å². The summed E-state index contributed by atoms with van der Waals surface area (Å²) in [5, 5.41) is 14.3. The zero-order chi connectivity index (χ0) is 15.4. The van der Waals surface area contributed by atoms with Crippen LogP contribution in [0.3, 0.4) is 0 Å². The van der Waals surface area contributed by atoms with E-state index >= 15 is 0 Å². The Kier molecular flexibility index (Phi) is 5.41. The third-order valence-electron chi connectivity index (χ3n) is 3.61. The number of nitro groups is 1. The van der Waals surface area contributed by atoms with Gasteiger partial charge in [0.15, 0.2) is 0 Å². The van der Waals surface area contributed by atoms with Crippen LogP contribution in [0.15, 0.2) is 12.3 Å². The Morgan fingerprint density at radius 1 is 1.52 bits per heavy atom. The Morgan fingerprint density at radius 2 is 2.24 bits per heavy atom. The molecule has 1 saturated carbocycles. The van der Waals surface area contributed by atoms with Gasteiger partial charge in [-0.1, -0.05) is 24.4 Å². The second kappa shape index (κ2) is 7.09. The molecule has 0 radical (unpaired) electrons. The number of thioether (sulfide) groups is 1. The number of carbonyl (C=O) groups is 1. The summed E-state index contributed by atoms with van der Waals surface area (Å²) in [6, 6.07) is 1.28. The van der Waals surface area contributed by atoms with Crippen molar-refractivity contribution in [2.45, 2.75) is 37.0 Å². The number of hydrogen-bond donors (Lipinski definition) is 1. The van der Waals surface area contributed by atoms with Crippen molar-refractivity contribution in [2.24, 2.45) is 0 Å². The molecule has 0 aromatic carbocycles. The monoisotopic (exact) mass is 329 g/mol. The van der Waals surface area contributed by atoms with Crippen LogP contribution in [0.1, 0.15) is 36.0 Å². The van der Waals surface area contributed by atoms with Gasteiger partial charge < -0.3 is 5.32 Å². The van der Waals surface area contributed by atoms with E-state index in [0.29, 0.717) is 5.25 Å². The highest BCUT2D eigenvalue weighted by Gasteiger charge is 2.28. The maximum absolute atomic E-state index is 12.3. The number of pyridine rings is 1. The Balaban J connectivity index is 2.19. The predicted molar refractivity (Wildman–Crippen MR) is 82.9 cm³/mol. The van der Waals surface area contributed by atoms with Crippen LogP contribution in [0.4, 0.5) is 5.69 Å². The summed E-state index contributed by atoms with van der Waals surface area (Å²) >= 11 is 7.46. The second-order valence-electron chi connectivity index (χ2n) is 4.92. The summed E-state index contributed by atoms with van der Waals surface area (Å²) in [6.45, 7) is 0. The van der Waals surface area contributed by atoms with Gasteiger partial charge in [-0.25, -0.2) is 4.98 Å². The highest BCUT2D eigenvalue weighted by Crippen LogP contribution is 2.28. The van der Waals surface area contributed by atoms with Crippen molar-refractivity contribution in [3.63, 3.8) is 0 Å². The van der Waals surface area contributed by atoms with Crippen LogP contribution in [0.2, 0.25) is 5.15 Å². The molecule has 0 spiro atoms. The molecule has 2 unspecified atom stereocenters. The zero-order valence-corrected chi connectivity index (χ0v) is 13.1. The van der Waals surface area contributed by atoms with Crippen LogP contribution in [0, 0.1) is 10.1 Å². The lowest BCUT2D eigenvalue weighted by Crippen LogP contribution is -2.43. The van der Waals surface area contributed by atoms with Gasteiger partial charge in [0.2, 0.25) is 0 Å². The number of amides is 1. The quantitative estimate of drug-likeness (QED) is 0.521. The fourth-order valence-electron chi connectivity index (χ4n) is 2.54. The Labute approximate surface area is 131 Å². The van der Waals surface area contributed by atoms with E-state index < -0.39 is 10.8 Å². The minimum atomic E-state index is -0.620. The van der Waals surface area contributed by atoms with E-state index in [-0.39, 0.29) is 22.4 Å². The molecule has 1 aliphatic carbocycles. The number of hydrogen-bond acceptors (Lipinski definition) is 5. The average Bonchev–Trinajstić information content (AvgIpc) is 2.47. The van der Waals surface area contributed by atoms with Crippen LogP contribution < -0.4 is 5.32 Å². The van der Waals surface area contributed by atoms with Crippen molar-refractivity contribution in [3.8, 4) is 0 Å². The van der Waals surface area contributed by atoms with Gasteiger partial charge in [0.25, 0.3) is 11.6 Å². The maximum atomic E-state index is 12.3. The first-order valence-corrected chi connectivity index (χ1v) is 8.33. The largest absolute Gasteiger partial charge is 0.348 e. The summed E-state index contributed by atoms with van der Waals surface area (Å²) in [4.78, 5) is 26.4. The van der Waals surface area contributed by atoms with E-state index in [9.17, 15) is 14.9 Å². The smallest absolute Gasteiger partial charge is 0.300 e. The number of carbonyl (C=O) groups excluding carboxylic acids is 1. The fraction of sp³-hybridized carbons (Fsp3) is 0.538. The highest BCUT2D eigenvalue weighted by atomic mass is 35.5. The molecule has 2 rings (SSSR count). The Hall–Kier alpha value is -1.34. The number of rotatable bonds is 4. The lowest BCUT2D eigenvalue weighted by atomic mass is 9.94. The predicted octanol–water partition coefficient (Wildman–Crippen LogP) is 3.05. The van der Waals surface area contributed by atoms with Crippen molar-refractivity contribution in [3.05, 3.63) is 33.1 Å². The lowest BCUT2D eigenvalue weighted by Gasteiger charge is -2.30. The molecular formula is C13H16ClN3O3S. The van der Waals surface area contributed by atoms with Gasteiger partial charge in [-0.2, -0.15) is 11.8 Å². The van der Waals surface area contributed by atoms with Gasteiger partial charge in [0.05, 0.1) is 4.92 Å². The Morgan fingerprint density at radius 3 is 2.90 bits per heavy atom. The van der Waals surface area contributed by atoms with Crippen LogP contribution in [0.5, 0.6) is 0 Å². The van der Waals surface area contributed by atoms with Gasteiger partial charge in [0.1, 0.15) is 16.9 Å². The Bertz CT molecular complexity index is 555. The molecular weight excluding hydrogens is 314 g/mol. The molecule has 1 aromatic heterocycles. The third-order valence-corrected chi connectivity index (χ3v) is 4.99. The van der Waals surface area contributed by atoms with Gasteiger partial charge in [0, 0.05) is 11.3 Å². The average molecular weight is 330 g/mol. The van der Waals surface area contributed by atoms with Gasteiger partial charge in [-0.15, -0.1) is 0 Å². The van der Waals surface area contributed by atoms with E-state index in [1.165, 1.54) is 6.07 Å². The SMILES string of the molecule is CSC1CCCCC1NC(=O)c1cc(Cl)ncc1[N+](=O)[O-].